The van der Waals surface area contributed by atoms with Gasteiger partial charge in [0.1, 0.15) is 32.8 Å². The van der Waals surface area contributed by atoms with Gasteiger partial charge in [0.25, 0.3) is 5.56 Å². The molecule has 0 saturated heterocycles. The molecule has 3 heterocycles. The number of nitriles is 1. The van der Waals surface area contributed by atoms with Crippen LogP contribution in [0.25, 0.3) is 10.2 Å². The average molecular weight is 472 g/mol. The number of carbonyl (C=O) groups excluding carboxylic acids is 2. The van der Waals surface area contributed by atoms with Crippen LogP contribution >= 0.6 is 11.3 Å². The third-order valence-electron chi connectivity index (χ3n) is 5.14. The van der Waals surface area contributed by atoms with E-state index < -0.39 is 17.6 Å². The predicted octanol–water partition coefficient (Wildman–Crippen LogP) is 5.11. The Balaban J connectivity index is 1.64. The summed E-state index contributed by atoms with van der Waals surface area (Å²) in [5.41, 5.74) is -0.149. The van der Waals surface area contributed by atoms with E-state index in [1.54, 1.807) is 31.2 Å². The summed E-state index contributed by atoms with van der Waals surface area (Å²) in [6.07, 6.45) is 0. The molecule has 168 valence electrons. The van der Waals surface area contributed by atoms with E-state index in [9.17, 15) is 19.6 Å². The van der Waals surface area contributed by atoms with Crippen LogP contribution in [-0.4, -0.2) is 23.6 Å². The zero-order valence-electron chi connectivity index (χ0n) is 17.7. The van der Waals surface area contributed by atoms with Crippen molar-refractivity contribution in [2.24, 2.45) is 0 Å². The minimum Gasteiger partial charge on any atom is -0.462 e. The highest BCUT2D eigenvalue weighted by atomic mass is 32.1. The van der Waals surface area contributed by atoms with Gasteiger partial charge >= 0.3 is 12.0 Å². The number of esters is 1. The van der Waals surface area contributed by atoms with E-state index in [1.807, 2.05) is 36.4 Å². The Morgan fingerprint density at radius 2 is 1.79 bits per heavy atom. The molecule has 0 unspecified atom stereocenters. The highest BCUT2D eigenvalue weighted by Crippen LogP contribution is 2.46. The van der Waals surface area contributed by atoms with Crippen molar-refractivity contribution in [3.63, 3.8) is 0 Å². The lowest BCUT2D eigenvalue weighted by atomic mass is 10.1. The number of aromatic amines is 1. The maximum Gasteiger partial charge on any atom is 0.350 e. The zero-order chi connectivity index (χ0) is 23.8. The molecule has 34 heavy (non-hydrogen) atoms. The molecule has 2 amide bonds. The first kappa shape index (κ1) is 21.2. The highest BCUT2D eigenvalue weighted by molar-refractivity contribution is 7.21. The smallest absolute Gasteiger partial charge is 0.350 e. The van der Waals surface area contributed by atoms with E-state index in [4.69, 9.17) is 9.47 Å². The topological polar surface area (TPSA) is 125 Å². The predicted molar refractivity (Wildman–Crippen MR) is 127 cm³/mol. The van der Waals surface area contributed by atoms with Gasteiger partial charge in [0.15, 0.2) is 0 Å². The van der Waals surface area contributed by atoms with Gasteiger partial charge in [-0.25, -0.2) is 9.59 Å². The summed E-state index contributed by atoms with van der Waals surface area (Å²) in [6, 6.07) is 17.2. The molecule has 2 aromatic heterocycles. The van der Waals surface area contributed by atoms with Crippen LogP contribution in [0, 0.1) is 11.3 Å². The lowest BCUT2D eigenvalue weighted by molar-refractivity contribution is 0.0533. The summed E-state index contributed by atoms with van der Waals surface area (Å²) in [5, 5.41) is 12.8. The average Bonchev–Trinajstić information content (AvgIpc) is 3.19. The normalized spacial score (nSPS) is 12.2. The molecule has 4 aromatic rings. The highest BCUT2D eigenvalue weighted by Gasteiger charge is 2.36. The van der Waals surface area contributed by atoms with Gasteiger partial charge < -0.3 is 19.8 Å². The molecular weight excluding hydrogens is 456 g/mol. The summed E-state index contributed by atoms with van der Waals surface area (Å²) < 4.78 is 10.9. The maximum atomic E-state index is 13.2. The van der Waals surface area contributed by atoms with Crippen molar-refractivity contribution in [1.82, 2.24) is 4.98 Å². The van der Waals surface area contributed by atoms with Crippen LogP contribution in [-0.2, 0) is 4.74 Å². The molecule has 9 nitrogen and oxygen atoms in total. The Bertz CT molecular complexity index is 1530. The maximum absolute atomic E-state index is 13.2. The van der Waals surface area contributed by atoms with Crippen LogP contribution < -0.4 is 20.5 Å². The summed E-state index contributed by atoms with van der Waals surface area (Å²) in [5.74, 6) is 0.577. The van der Waals surface area contributed by atoms with Crippen molar-refractivity contribution < 1.29 is 19.1 Å². The van der Waals surface area contributed by atoms with Crippen molar-refractivity contribution in [2.75, 3.05) is 16.8 Å². The molecule has 0 spiro atoms. The van der Waals surface area contributed by atoms with Gasteiger partial charge in [0.2, 0.25) is 0 Å². The molecule has 10 heteroatoms. The van der Waals surface area contributed by atoms with Gasteiger partial charge in [-0.05, 0) is 43.3 Å². The second-order valence-electron chi connectivity index (χ2n) is 7.19. The minimum atomic E-state index is -0.656. The van der Waals surface area contributed by atoms with E-state index in [0.29, 0.717) is 27.4 Å². The van der Waals surface area contributed by atoms with Crippen LogP contribution in [0.2, 0.25) is 0 Å². The van der Waals surface area contributed by atoms with Gasteiger partial charge in [-0.1, -0.05) is 18.2 Å². The Morgan fingerprint density at radius 1 is 1.09 bits per heavy atom. The third-order valence-corrected chi connectivity index (χ3v) is 6.23. The van der Waals surface area contributed by atoms with Crippen LogP contribution in [0.4, 0.5) is 21.9 Å². The number of pyridine rings is 1. The van der Waals surface area contributed by atoms with Gasteiger partial charge in [0, 0.05) is 0 Å². The van der Waals surface area contributed by atoms with E-state index >= 15 is 0 Å². The van der Waals surface area contributed by atoms with Crippen molar-refractivity contribution in [1.29, 1.82) is 5.26 Å². The van der Waals surface area contributed by atoms with Crippen molar-refractivity contribution in [2.45, 2.75) is 6.92 Å². The summed E-state index contributed by atoms with van der Waals surface area (Å²) >= 11 is 0.986. The Kier molecular flexibility index (Phi) is 5.24. The third kappa shape index (κ3) is 3.44. The molecular formula is C24H16N4O5S. The molecule has 1 aliphatic heterocycles. The fraction of sp³-hybridized carbons (Fsp3) is 0.0833. The number of ether oxygens (including phenoxy) is 2. The molecule has 2 aromatic carbocycles. The Labute approximate surface area is 196 Å². The number of carbonyl (C=O) groups is 2. The van der Waals surface area contributed by atoms with E-state index in [1.165, 1.54) is 4.90 Å². The van der Waals surface area contributed by atoms with Gasteiger partial charge in [0.05, 0.1) is 29.1 Å². The quantitative estimate of drug-likeness (QED) is 0.389. The first-order valence-electron chi connectivity index (χ1n) is 10.3. The number of hydrogen-bond donors (Lipinski definition) is 2. The number of hydrogen-bond acceptors (Lipinski definition) is 7. The summed E-state index contributed by atoms with van der Waals surface area (Å²) in [7, 11) is 0. The van der Waals surface area contributed by atoms with Crippen molar-refractivity contribution in [3.05, 3.63) is 75.4 Å². The van der Waals surface area contributed by atoms with E-state index in [2.05, 4.69) is 10.3 Å². The molecule has 5 rings (SSSR count). The second kappa shape index (κ2) is 8.38. The Hall–Kier alpha value is -4.62. The number of para-hydroxylation sites is 1. The lowest BCUT2D eigenvalue weighted by Gasteiger charge is -2.29. The number of thiophene rings is 1. The van der Waals surface area contributed by atoms with E-state index in [0.717, 1.165) is 11.3 Å². The number of nitrogens with one attached hydrogen (secondary N) is 2. The molecule has 2 N–H and O–H groups in total. The molecule has 0 atom stereocenters. The molecule has 0 bridgehead atoms. The number of urea groups is 1. The van der Waals surface area contributed by atoms with Gasteiger partial charge in [-0.3, -0.25) is 9.69 Å². The number of anilines is 3. The first-order chi connectivity index (χ1) is 16.5. The number of aromatic nitrogens is 1. The van der Waals surface area contributed by atoms with Crippen LogP contribution in [0.15, 0.2) is 59.4 Å². The number of rotatable bonds is 5. The number of H-pyrrole nitrogens is 1. The minimum absolute atomic E-state index is 0.114. The largest absolute Gasteiger partial charge is 0.462 e. The second-order valence-corrected chi connectivity index (χ2v) is 8.22. The standard InChI is InChI=1S/C24H16N4O5S/c1-2-32-23(30)20-18-17-19(16(12-25)21(29)27-22(17)34-20)28(24(31)26-18)13-8-10-15(11-9-13)33-14-6-4-3-5-7-14/h3-11H,2H2,1H3,(H,26,31)(H,27,29). The van der Waals surface area contributed by atoms with E-state index in [-0.39, 0.29) is 28.4 Å². The molecule has 0 fully saturated rings. The first-order valence-corrected chi connectivity index (χ1v) is 11.1. The number of benzene rings is 2. The number of amides is 2. The molecule has 0 aliphatic carbocycles. The molecule has 0 saturated carbocycles. The summed E-state index contributed by atoms with van der Waals surface area (Å²) in [6.45, 7) is 1.82. The van der Waals surface area contributed by atoms with Crippen LogP contribution in [0.5, 0.6) is 11.5 Å². The fourth-order valence-electron chi connectivity index (χ4n) is 3.73. The molecule has 1 aliphatic rings. The summed E-state index contributed by atoms with van der Waals surface area (Å²) in [4.78, 5) is 42.7. The SMILES string of the molecule is CCOC(=O)c1sc2[nH]c(=O)c(C#N)c3c2c1NC(=O)N3c1ccc(Oc2ccccc2)cc1. The van der Waals surface area contributed by atoms with Gasteiger partial charge in [-0.15, -0.1) is 11.3 Å². The Morgan fingerprint density at radius 3 is 2.47 bits per heavy atom. The van der Waals surface area contributed by atoms with Crippen molar-refractivity contribution >= 4 is 50.6 Å². The van der Waals surface area contributed by atoms with Gasteiger partial charge in [-0.2, -0.15) is 5.26 Å². The van der Waals surface area contributed by atoms with Crippen LogP contribution in [0.3, 0.4) is 0 Å². The fourth-order valence-corrected chi connectivity index (χ4v) is 4.77. The monoisotopic (exact) mass is 472 g/mol. The zero-order valence-corrected chi connectivity index (χ0v) is 18.6. The van der Waals surface area contributed by atoms with Crippen molar-refractivity contribution in [3.8, 4) is 17.6 Å². The van der Waals surface area contributed by atoms with Crippen LogP contribution in [0.1, 0.15) is 22.2 Å². The lowest BCUT2D eigenvalue weighted by Crippen LogP contribution is -2.36. The number of nitrogens with zero attached hydrogens (tertiary/aromatic N) is 2. The molecule has 0 radical (unpaired) electrons.